The van der Waals surface area contributed by atoms with Crippen LogP contribution in [0, 0.1) is 18.8 Å². The van der Waals surface area contributed by atoms with Gasteiger partial charge in [0.2, 0.25) is 17.7 Å². The fourth-order valence-corrected chi connectivity index (χ4v) is 8.24. The Balaban J connectivity index is 0.000000208. The van der Waals surface area contributed by atoms with Crippen molar-refractivity contribution in [1.82, 2.24) is 23.9 Å². The summed E-state index contributed by atoms with van der Waals surface area (Å²) in [5.74, 6) is -0.155. The Morgan fingerprint density at radius 1 is 1.14 bits per heavy atom. The maximum Gasteiger partial charge on any atom is 0.416 e. The highest BCUT2D eigenvalue weighted by Gasteiger charge is 2.42. The number of carbonyl (C=O) groups excluding carboxylic acids is 3. The molecule has 1 saturated carbocycles. The number of fused-ring (bicyclic) bond motifs is 1. The number of anilines is 1. The van der Waals surface area contributed by atoms with Crippen LogP contribution in [0.4, 0.5) is 18.9 Å². The van der Waals surface area contributed by atoms with E-state index in [0.29, 0.717) is 30.7 Å². The molecule has 0 bridgehead atoms. The first kappa shape index (κ1) is 50.4. The summed E-state index contributed by atoms with van der Waals surface area (Å²) >= 11 is 1.55. The number of likely N-dealkylation sites (tertiary alicyclic amines) is 1. The first-order valence-corrected chi connectivity index (χ1v) is 23.1. The molecule has 3 atom stereocenters. The summed E-state index contributed by atoms with van der Waals surface area (Å²) in [5.41, 5.74) is 8.16. The summed E-state index contributed by atoms with van der Waals surface area (Å²) in [7, 11) is 0.775. The summed E-state index contributed by atoms with van der Waals surface area (Å²) < 4.78 is 69.2. The van der Waals surface area contributed by atoms with E-state index in [2.05, 4.69) is 46.9 Å². The van der Waals surface area contributed by atoms with Gasteiger partial charge in [0.15, 0.2) is 5.43 Å². The summed E-state index contributed by atoms with van der Waals surface area (Å²) in [6, 6.07) is 9.21. The third-order valence-corrected chi connectivity index (χ3v) is 12.9. The van der Waals surface area contributed by atoms with Crippen LogP contribution in [-0.4, -0.2) is 85.6 Å². The van der Waals surface area contributed by atoms with E-state index in [1.165, 1.54) is 50.4 Å². The molecule has 19 heteroatoms. The van der Waals surface area contributed by atoms with Crippen molar-refractivity contribution in [3.63, 3.8) is 0 Å². The largest absolute Gasteiger partial charge is 0.496 e. The van der Waals surface area contributed by atoms with Crippen molar-refractivity contribution in [2.75, 3.05) is 39.6 Å². The molecule has 3 amide bonds. The molecule has 4 aromatic rings. The number of ether oxygens (including phenoxy) is 1. The first-order chi connectivity index (χ1) is 29.7. The van der Waals surface area contributed by atoms with Gasteiger partial charge in [-0.2, -0.15) is 25.9 Å². The molecule has 14 nitrogen and oxygen atoms in total. The standard InChI is InChI=1S/C17H18N2O2S.C14H16F3N3O2.C13H24N2O3S/c1-9(2)13-8-22-17(19-13)12-7-14(20)11-5-6-15(21-4)10(3)16(11)18-12;15-14(16,17)9-3-1-4-10(7-9)19-8-12(21)20-6-2-5-11(20)13(18)22;1-4-5-6-7-8-9-11-10-12(11)13(16)14-19(17,18)15(2)3/h5-9H,1-4H3,(H,18,20);1,3-4,7,11,19H,2,5-6,8H2,(H2,18,22);8-9,11-12H,4-7,10H2,1-3H3,(H,14,16)/b;;9-8-. The number of unbranched alkanes of at least 4 members (excludes halogenated alkanes) is 3. The number of rotatable bonds is 15. The number of nitrogens with zero attached hydrogens (tertiary/aromatic N) is 3. The summed E-state index contributed by atoms with van der Waals surface area (Å²) in [4.78, 5) is 56.7. The molecule has 6 rings (SSSR count). The van der Waals surface area contributed by atoms with Crippen molar-refractivity contribution in [3.05, 3.63) is 87.0 Å². The number of halogens is 3. The van der Waals surface area contributed by atoms with Crippen LogP contribution in [0.15, 0.2) is 64.8 Å². The van der Waals surface area contributed by atoms with Gasteiger partial charge in [-0.1, -0.05) is 51.8 Å². The number of alkyl halides is 3. The number of carbonyl (C=O) groups is 3. The number of nitrogens with one attached hydrogen (secondary N) is 3. The minimum absolute atomic E-state index is 0.00389. The molecular formula is C44H58F3N7O7S2. The van der Waals surface area contributed by atoms with Crippen LogP contribution in [0.5, 0.6) is 5.75 Å². The topological polar surface area (TPSA) is 197 Å². The Hall–Kier alpha value is -5.27. The maximum atomic E-state index is 12.6. The zero-order valence-corrected chi connectivity index (χ0v) is 38.3. The molecule has 3 unspecified atom stereocenters. The highest BCUT2D eigenvalue weighted by molar-refractivity contribution is 7.87. The number of aryl methyl sites for hydroxylation is 1. The van der Waals surface area contributed by atoms with E-state index in [4.69, 9.17) is 10.5 Å². The average molecular weight is 918 g/mol. The Bertz CT molecular complexity index is 2420. The molecule has 2 fully saturated rings. The smallest absolute Gasteiger partial charge is 0.416 e. The summed E-state index contributed by atoms with van der Waals surface area (Å²) in [6.07, 6.45) is 6.29. The monoisotopic (exact) mass is 917 g/mol. The second-order valence-electron chi connectivity index (χ2n) is 15.9. The van der Waals surface area contributed by atoms with Crippen LogP contribution in [0.25, 0.3) is 21.6 Å². The van der Waals surface area contributed by atoms with Gasteiger partial charge in [0.25, 0.3) is 0 Å². The highest BCUT2D eigenvalue weighted by Crippen LogP contribution is 2.40. The highest BCUT2D eigenvalue weighted by atomic mass is 32.2. The molecule has 344 valence electrons. The van der Waals surface area contributed by atoms with Crippen LogP contribution < -0.4 is 25.9 Å². The molecular weight excluding hydrogens is 860 g/mol. The molecule has 0 radical (unpaired) electrons. The number of primary amides is 1. The lowest BCUT2D eigenvalue weighted by molar-refractivity contribution is -0.137. The van der Waals surface area contributed by atoms with Gasteiger partial charge in [0.05, 0.1) is 36.1 Å². The van der Waals surface area contributed by atoms with Crippen molar-refractivity contribution < 1.29 is 40.7 Å². The van der Waals surface area contributed by atoms with Gasteiger partial charge in [-0.15, -0.1) is 11.3 Å². The van der Waals surface area contributed by atoms with E-state index in [9.17, 15) is 40.8 Å². The normalized spacial score (nSPS) is 17.3. The second kappa shape index (κ2) is 22.4. The van der Waals surface area contributed by atoms with E-state index in [1.54, 1.807) is 30.6 Å². The van der Waals surface area contributed by atoms with Crippen molar-refractivity contribution >= 4 is 55.9 Å². The average Bonchev–Trinajstić information content (AvgIpc) is 3.56. The lowest BCUT2D eigenvalue weighted by Gasteiger charge is -2.22. The SMILES string of the molecule is CCCCC/C=C\C1CC1C(=O)NS(=O)(=O)N(C)C.COc1ccc2c(=O)cc(-c3nc(C(C)C)cs3)[nH]c2c1C.NC(=O)C1CCCN1C(=O)CNc1cccc(C(F)(F)F)c1. The third kappa shape index (κ3) is 14.1. The van der Waals surface area contributed by atoms with E-state index >= 15 is 0 Å². The number of pyridine rings is 1. The molecule has 2 aromatic heterocycles. The van der Waals surface area contributed by atoms with E-state index in [1.807, 2.05) is 24.4 Å². The maximum absolute atomic E-state index is 12.6. The lowest BCUT2D eigenvalue weighted by atomic mass is 10.1. The van der Waals surface area contributed by atoms with Crippen LogP contribution in [0.1, 0.15) is 88.5 Å². The first-order valence-electron chi connectivity index (χ1n) is 20.8. The summed E-state index contributed by atoms with van der Waals surface area (Å²) in [6.45, 7) is 8.56. The number of hydrogen-bond acceptors (Lipinski definition) is 10. The number of nitrogens with two attached hydrogens (primary N) is 1. The van der Waals surface area contributed by atoms with Crippen molar-refractivity contribution in [2.45, 2.75) is 90.8 Å². The molecule has 2 aliphatic rings. The number of aromatic amines is 1. The third-order valence-electron chi connectivity index (χ3n) is 10.6. The zero-order chi connectivity index (χ0) is 46.6. The van der Waals surface area contributed by atoms with Crippen molar-refractivity contribution in [2.24, 2.45) is 17.6 Å². The number of H-pyrrole nitrogens is 1. The molecule has 0 spiro atoms. The van der Waals surface area contributed by atoms with Crippen molar-refractivity contribution in [1.29, 1.82) is 0 Å². The van der Waals surface area contributed by atoms with Crippen LogP contribution in [0.2, 0.25) is 0 Å². The minimum Gasteiger partial charge on any atom is -0.496 e. The predicted molar refractivity (Wildman–Crippen MR) is 241 cm³/mol. The van der Waals surface area contributed by atoms with Crippen LogP contribution in [0.3, 0.4) is 0 Å². The van der Waals surface area contributed by atoms with Gasteiger partial charge >= 0.3 is 16.4 Å². The molecule has 63 heavy (non-hydrogen) atoms. The predicted octanol–water partition coefficient (Wildman–Crippen LogP) is 7.37. The van der Waals surface area contributed by atoms with Crippen LogP contribution >= 0.6 is 11.3 Å². The number of thiazole rings is 1. The fraction of sp³-hybridized carbons (Fsp3) is 0.477. The number of amides is 3. The van der Waals surface area contributed by atoms with Crippen molar-refractivity contribution in [3.8, 4) is 16.5 Å². The Morgan fingerprint density at radius 3 is 2.49 bits per heavy atom. The molecule has 1 saturated heterocycles. The lowest BCUT2D eigenvalue weighted by Crippen LogP contribution is -2.45. The molecule has 5 N–H and O–H groups in total. The number of aromatic nitrogens is 2. The Labute approximate surface area is 370 Å². The van der Waals surface area contributed by atoms with Gasteiger partial charge < -0.3 is 25.7 Å². The zero-order valence-electron chi connectivity index (χ0n) is 36.7. The number of methoxy groups -OCH3 is 1. The molecule has 1 aliphatic heterocycles. The van der Waals surface area contributed by atoms with Gasteiger partial charge in [0, 0.05) is 54.6 Å². The van der Waals surface area contributed by atoms with Gasteiger partial charge in [-0.25, -0.2) is 9.71 Å². The number of benzene rings is 2. The Morgan fingerprint density at radius 2 is 1.87 bits per heavy atom. The van der Waals surface area contributed by atoms with Crippen LogP contribution in [-0.2, 0) is 30.8 Å². The second-order valence-corrected chi connectivity index (χ2v) is 18.6. The van der Waals surface area contributed by atoms with Gasteiger partial charge in [-0.3, -0.25) is 19.2 Å². The quantitative estimate of drug-likeness (QED) is 0.0695. The minimum atomic E-state index is -4.44. The van der Waals surface area contributed by atoms with E-state index in [-0.39, 0.29) is 35.4 Å². The Kier molecular flexibility index (Phi) is 17.9. The van der Waals surface area contributed by atoms with Gasteiger partial charge in [0.1, 0.15) is 16.8 Å². The molecule has 1 aliphatic carbocycles. The fourth-order valence-electron chi connectivity index (χ4n) is 6.70. The summed E-state index contributed by atoms with van der Waals surface area (Å²) in [5, 5.41) is 6.20. The van der Waals surface area contributed by atoms with E-state index < -0.39 is 39.8 Å². The number of hydrogen-bond donors (Lipinski definition) is 4. The van der Waals surface area contributed by atoms with E-state index in [0.717, 1.165) is 62.5 Å². The molecule has 2 aromatic carbocycles. The number of allylic oxidation sites excluding steroid dienone is 2. The molecule has 3 heterocycles. The van der Waals surface area contributed by atoms with Gasteiger partial charge in [-0.05, 0) is 81.2 Å².